The maximum atomic E-state index is 12.6. The Morgan fingerprint density at radius 1 is 0.833 bits per heavy atom. The summed E-state index contributed by atoms with van der Waals surface area (Å²) in [5, 5.41) is 5.40. The minimum atomic E-state index is -0.706. The van der Waals surface area contributed by atoms with Gasteiger partial charge in [-0.3, -0.25) is 9.59 Å². The summed E-state index contributed by atoms with van der Waals surface area (Å²) in [6.45, 7) is 3.27. The summed E-state index contributed by atoms with van der Waals surface area (Å²) < 4.78 is 16.1. The number of hydrogen-bond acceptors (Lipinski definition) is 6. The molecule has 4 rings (SSSR count). The highest BCUT2D eigenvalue weighted by Crippen LogP contribution is 2.29. The van der Waals surface area contributed by atoms with Crippen LogP contribution in [0.3, 0.4) is 0 Å². The molecule has 0 bridgehead atoms. The van der Waals surface area contributed by atoms with E-state index in [0.717, 1.165) is 11.1 Å². The number of furan rings is 1. The van der Waals surface area contributed by atoms with Gasteiger partial charge in [-0.05, 0) is 67.9 Å². The van der Waals surface area contributed by atoms with E-state index >= 15 is 0 Å². The summed E-state index contributed by atoms with van der Waals surface area (Å²) in [6, 6.07) is 22.3. The molecule has 0 fully saturated rings. The summed E-state index contributed by atoms with van der Waals surface area (Å²) in [7, 11) is 0. The fourth-order valence-electron chi connectivity index (χ4n) is 3.27. The van der Waals surface area contributed by atoms with Gasteiger partial charge in [0.25, 0.3) is 11.8 Å². The predicted octanol–water partition coefficient (Wildman–Crippen LogP) is 5.74. The lowest BCUT2D eigenvalue weighted by Gasteiger charge is -2.13. The van der Waals surface area contributed by atoms with Gasteiger partial charge in [-0.15, -0.1) is 0 Å². The molecular formula is C28H24N2O6. The minimum absolute atomic E-state index is 0.144. The number of hydrogen-bond donors (Lipinski definition) is 2. The van der Waals surface area contributed by atoms with Crippen molar-refractivity contribution < 1.29 is 28.3 Å². The Bertz CT molecular complexity index is 1380. The Balaban J connectivity index is 1.36. The summed E-state index contributed by atoms with van der Waals surface area (Å²) in [5.41, 5.74) is 2.90. The van der Waals surface area contributed by atoms with E-state index in [1.807, 2.05) is 31.2 Å². The number of aryl methyl sites for hydroxylation is 2. The molecule has 0 saturated heterocycles. The molecule has 182 valence electrons. The van der Waals surface area contributed by atoms with E-state index in [9.17, 15) is 14.4 Å². The van der Waals surface area contributed by atoms with Crippen LogP contribution in [0, 0.1) is 13.8 Å². The van der Waals surface area contributed by atoms with Crippen LogP contribution in [0.2, 0.25) is 0 Å². The van der Waals surface area contributed by atoms with Crippen LogP contribution < -0.4 is 15.4 Å². The minimum Gasteiger partial charge on any atom is -0.459 e. The highest BCUT2D eigenvalue weighted by Gasteiger charge is 2.16. The van der Waals surface area contributed by atoms with Gasteiger partial charge in [-0.2, -0.15) is 0 Å². The van der Waals surface area contributed by atoms with Crippen molar-refractivity contribution in [3.63, 3.8) is 0 Å². The summed E-state index contributed by atoms with van der Waals surface area (Å²) >= 11 is 0. The van der Waals surface area contributed by atoms with Crippen molar-refractivity contribution in [3.8, 4) is 11.5 Å². The fourth-order valence-corrected chi connectivity index (χ4v) is 3.27. The zero-order valence-corrected chi connectivity index (χ0v) is 19.7. The Kier molecular flexibility index (Phi) is 7.45. The van der Waals surface area contributed by atoms with Crippen LogP contribution in [-0.2, 0) is 9.53 Å². The summed E-state index contributed by atoms with van der Waals surface area (Å²) in [5.74, 6) is -0.450. The van der Waals surface area contributed by atoms with Crippen LogP contribution in [0.1, 0.15) is 32.0 Å². The fraction of sp³-hybridized carbons (Fsp3) is 0.107. The highest BCUT2D eigenvalue weighted by atomic mass is 16.5. The maximum absolute atomic E-state index is 12.6. The van der Waals surface area contributed by atoms with Crippen LogP contribution in [-0.4, -0.2) is 24.4 Å². The van der Waals surface area contributed by atoms with Crippen LogP contribution in [0.4, 0.5) is 11.4 Å². The first-order valence-corrected chi connectivity index (χ1v) is 11.1. The van der Waals surface area contributed by atoms with Gasteiger partial charge in [0.1, 0.15) is 5.75 Å². The molecule has 0 aliphatic heterocycles. The largest absolute Gasteiger partial charge is 0.459 e. The van der Waals surface area contributed by atoms with Gasteiger partial charge < -0.3 is 24.5 Å². The van der Waals surface area contributed by atoms with Crippen molar-refractivity contribution in [2.24, 2.45) is 0 Å². The molecule has 2 N–H and O–H groups in total. The van der Waals surface area contributed by atoms with Gasteiger partial charge in [0, 0.05) is 5.69 Å². The number of ether oxygens (including phenoxy) is 2. The van der Waals surface area contributed by atoms with Crippen LogP contribution in [0.5, 0.6) is 11.5 Å². The Labute approximate surface area is 207 Å². The first-order chi connectivity index (χ1) is 17.4. The van der Waals surface area contributed by atoms with Gasteiger partial charge >= 0.3 is 5.97 Å². The van der Waals surface area contributed by atoms with E-state index in [2.05, 4.69) is 10.6 Å². The molecule has 0 unspecified atom stereocenters. The number of anilines is 2. The average Bonchev–Trinajstić information content (AvgIpc) is 3.42. The molecule has 8 nitrogen and oxygen atoms in total. The topological polar surface area (TPSA) is 107 Å². The quantitative estimate of drug-likeness (QED) is 0.309. The summed E-state index contributed by atoms with van der Waals surface area (Å²) in [6.07, 6.45) is 1.40. The predicted molar refractivity (Wildman–Crippen MR) is 134 cm³/mol. The van der Waals surface area contributed by atoms with Gasteiger partial charge in [0.15, 0.2) is 18.1 Å². The number of amides is 2. The van der Waals surface area contributed by atoms with E-state index in [0.29, 0.717) is 22.9 Å². The lowest BCUT2D eigenvalue weighted by molar-refractivity contribution is -0.119. The molecule has 0 atom stereocenters. The van der Waals surface area contributed by atoms with Gasteiger partial charge in [-0.1, -0.05) is 35.9 Å². The second-order valence-corrected chi connectivity index (χ2v) is 8.00. The average molecular weight is 485 g/mol. The lowest BCUT2D eigenvalue weighted by Crippen LogP contribution is -2.21. The normalized spacial score (nSPS) is 10.4. The van der Waals surface area contributed by atoms with Crippen LogP contribution in [0.15, 0.2) is 89.5 Å². The molecule has 0 saturated carbocycles. The molecule has 0 spiro atoms. The Morgan fingerprint density at radius 3 is 2.36 bits per heavy atom. The summed E-state index contributed by atoms with van der Waals surface area (Å²) in [4.78, 5) is 37.3. The van der Waals surface area contributed by atoms with E-state index in [1.54, 1.807) is 49.4 Å². The molecule has 0 aliphatic carbocycles. The lowest BCUT2D eigenvalue weighted by atomic mass is 10.1. The number of benzene rings is 3. The molecule has 1 heterocycles. The van der Waals surface area contributed by atoms with Gasteiger partial charge in [0.2, 0.25) is 0 Å². The number of nitrogens with one attached hydrogen (secondary N) is 2. The van der Waals surface area contributed by atoms with E-state index < -0.39 is 24.4 Å². The smallest absolute Gasteiger partial charge is 0.338 e. The molecule has 1 aromatic heterocycles. The van der Waals surface area contributed by atoms with Crippen molar-refractivity contribution in [3.05, 3.63) is 108 Å². The maximum Gasteiger partial charge on any atom is 0.338 e. The third-order valence-corrected chi connectivity index (χ3v) is 5.21. The SMILES string of the molecule is Cc1ccc(Oc2ccccc2NC(=O)COC(=O)c2ccc(C)c(NC(=O)c3ccco3)c2)cc1. The van der Waals surface area contributed by atoms with Crippen molar-refractivity contribution >= 4 is 29.2 Å². The number of carbonyl (C=O) groups excluding carboxylic acids is 3. The third-order valence-electron chi connectivity index (χ3n) is 5.21. The molecule has 3 aromatic carbocycles. The van der Waals surface area contributed by atoms with Crippen molar-refractivity contribution in [2.45, 2.75) is 13.8 Å². The second-order valence-electron chi connectivity index (χ2n) is 8.00. The standard InChI is InChI=1S/C28H24N2O6/c1-18-9-13-21(14-10-18)36-24-7-4-3-6-22(24)29-26(31)17-35-28(33)20-12-11-19(2)23(16-20)30-27(32)25-8-5-15-34-25/h3-16H,17H2,1-2H3,(H,29,31)(H,30,32). The van der Waals surface area contributed by atoms with E-state index in [-0.39, 0.29) is 11.3 Å². The van der Waals surface area contributed by atoms with Crippen LogP contribution in [0.25, 0.3) is 0 Å². The second kappa shape index (κ2) is 11.1. The van der Waals surface area contributed by atoms with Crippen LogP contribution >= 0.6 is 0 Å². The van der Waals surface area contributed by atoms with Crippen molar-refractivity contribution in [1.82, 2.24) is 0 Å². The first kappa shape index (κ1) is 24.3. The number of para-hydroxylation sites is 2. The molecule has 36 heavy (non-hydrogen) atoms. The molecule has 2 amide bonds. The van der Waals surface area contributed by atoms with Crippen molar-refractivity contribution in [1.29, 1.82) is 0 Å². The van der Waals surface area contributed by atoms with Gasteiger partial charge in [0.05, 0.1) is 17.5 Å². The zero-order chi connectivity index (χ0) is 25.5. The number of esters is 1. The number of carbonyl (C=O) groups is 3. The molecular weight excluding hydrogens is 460 g/mol. The first-order valence-electron chi connectivity index (χ1n) is 11.1. The third kappa shape index (κ3) is 6.18. The Hall–Kier alpha value is -4.85. The molecule has 8 heteroatoms. The van der Waals surface area contributed by atoms with E-state index in [4.69, 9.17) is 13.9 Å². The highest BCUT2D eigenvalue weighted by molar-refractivity contribution is 6.03. The zero-order valence-electron chi connectivity index (χ0n) is 19.7. The number of rotatable bonds is 8. The Morgan fingerprint density at radius 2 is 1.61 bits per heavy atom. The van der Waals surface area contributed by atoms with E-state index in [1.165, 1.54) is 18.4 Å². The van der Waals surface area contributed by atoms with Gasteiger partial charge in [-0.25, -0.2) is 4.79 Å². The van der Waals surface area contributed by atoms with Crippen molar-refractivity contribution in [2.75, 3.05) is 17.2 Å². The molecule has 0 aliphatic rings. The monoisotopic (exact) mass is 484 g/mol. The molecule has 0 radical (unpaired) electrons. The molecule has 4 aromatic rings.